The highest BCUT2D eigenvalue weighted by atomic mass is 16.5. The Balaban J connectivity index is 3.95. The molecule has 0 rings (SSSR count). The van der Waals surface area contributed by atoms with Gasteiger partial charge in [-0.05, 0) is 13.8 Å². The molecule has 0 aromatic heterocycles. The molecule has 0 bridgehead atoms. The van der Waals surface area contributed by atoms with Crippen molar-refractivity contribution in [3.05, 3.63) is 0 Å². The molecule has 0 amide bonds. The molecule has 0 radical (unpaired) electrons. The smallest absolute Gasteiger partial charge is 0.316 e. The summed E-state index contributed by atoms with van der Waals surface area (Å²) in [6.07, 6.45) is 5.62. The molecule has 3 nitrogen and oxygen atoms in total. The van der Waals surface area contributed by atoms with Crippen LogP contribution in [0.25, 0.3) is 0 Å². The summed E-state index contributed by atoms with van der Waals surface area (Å²) in [5, 5.41) is 0. The number of rotatable bonds is 5. The fourth-order valence-corrected chi connectivity index (χ4v) is 0.811. The molecule has 1 atom stereocenters. The zero-order valence-electron chi connectivity index (χ0n) is 8.00. The van der Waals surface area contributed by atoms with E-state index < -0.39 is 11.9 Å². The van der Waals surface area contributed by atoms with Crippen LogP contribution in [0.3, 0.4) is 0 Å². The fourth-order valence-electron chi connectivity index (χ4n) is 0.811. The Labute approximate surface area is 78.5 Å². The first-order valence-corrected chi connectivity index (χ1v) is 4.26. The fraction of sp³-hybridized carbons (Fsp3) is 0.600. The number of ether oxygens (including phenoxy) is 1. The SMILES string of the molecule is C#CCCC(=O)C(C)C(=O)OCC. The van der Waals surface area contributed by atoms with Gasteiger partial charge in [-0.2, -0.15) is 0 Å². The van der Waals surface area contributed by atoms with Gasteiger partial charge in [0, 0.05) is 12.8 Å². The second kappa shape index (κ2) is 6.24. The van der Waals surface area contributed by atoms with E-state index in [-0.39, 0.29) is 12.2 Å². The van der Waals surface area contributed by atoms with E-state index >= 15 is 0 Å². The van der Waals surface area contributed by atoms with Crippen molar-refractivity contribution >= 4 is 11.8 Å². The number of Topliss-reactive ketones (excluding diaryl/α,β-unsaturated/α-hetero) is 1. The summed E-state index contributed by atoms with van der Waals surface area (Å²) in [5.41, 5.74) is 0. The van der Waals surface area contributed by atoms with Gasteiger partial charge in [0.25, 0.3) is 0 Å². The molecule has 72 valence electrons. The predicted octanol–water partition coefficient (Wildman–Crippen LogP) is 1.17. The van der Waals surface area contributed by atoms with E-state index in [4.69, 9.17) is 11.2 Å². The molecular formula is C10H14O3. The van der Waals surface area contributed by atoms with Crippen molar-refractivity contribution < 1.29 is 14.3 Å². The minimum Gasteiger partial charge on any atom is -0.465 e. The van der Waals surface area contributed by atoms with Crippen molar-refractivity contribution in [2.24, 2.45) is 5.92 Å². The maximum atomic E-state index is 11.2. The number of terminal acetylenes is 1. The van der Waals surface area contributed by atoms with Crippen LogP contribution in [-0.4, -0.2) is 18.4 Å². The molecule has 0 heterocycles. The Bertz CT molecular complexity index is 225. The van der Waals surface area contributed by atoms with E-state index in [1.807, 2.05) is 0 Å². The lowest BCUT2D eigenvalue weighted by Crippen LogP contribution is -2.23. The van der Waals surface area contributed by atoms with E-state index in [0.29, 0.717) is 13.0 Å². The highest BCUT2D eigenvalue weighted by Crippen LogP contribution is 2.05. The largest absolute Gasteiger partial charge is 0.465 e. The summed E-state index contributed by atoms with van der Waals surface area (Å²) in [6, 6.07) is 0. The van der Waals surface area contributed by atoms with Crippen molar-refractivity contribution in [2.45, 2.75) is 26.7 Å². The lowest BCUT2D eigenvalue weighted by atomic mass is 10.0. The molecule has 0 aliphatic rings. The second-order valence-corrected chi connectivity index (χ2v) is 2.64. The molecule has 13 heavy (non-hydrogen) atoms. The van der Waals surface area contributed by atoms with Gasteiger partial charge in [-0.3, -0.25) is 9.59 Å². The van der Waals surface area contributed by atoms with Crippen LogP contribution in [0.5, 0.6) is 0 Å². The van der Waals surface area contributed by atoms with Gasteiger partial charge in [0.2, 0.25) is 0 Å². The Morgan fingerprint density at radius 1 is 1.54 bits per heavy atom. The topological polar surface area (TPSA) is 43.4 Å². The average molecular weight is 182 g/mol. The van der Waals surface area contributed by atoms with Crippen molar-refractivity contribution in [1.29, 1.82) is 0 Å². The van der Waals surface area contributed by atoms with E-state index in [1.54, 1.807) is 6.92 Å². The van der Waals surface area contributed by atoms with Gasteiger partial charge < -0.3 is 4.74 Å². The molecule has 0 aromatic carbocycles. The third kappa shape index (κ3) is 4.32. The summed E-state index contributed by atoms with van der Waals surface area (Å²) in [5.74, 6) is 1.04. The lowest BCUT2D eigenvalue weighted by Gasteiger charge is -2.07. The van der Waals surface area contributed by atoms with Crippen LogP contribution in [-0.2, 0) is 14.3 Å². The van der Waals surface area contributed by atoms with Gasteiger partial charge in [0.05, 0.1) is 6.61 Å². The van der Waals surface area contributed by atoms with Gasteiger partial charge in [-0.25, -0.2) is 0 Å². The second-order valence-electron chi connectivity index (χ2n) is 2.64. The third-order valence-corrected chi connectivity index (χ3v) is 1.64. The molecule has 1 unspecified atom stereocenters. The zero-order chi connectivity index (χ0) is 10.3. The summed E-state index contributed by atoms with van der Waals surface area (Å²) in [7, 11) is 0. The molecular weight excluding hydrogens is 168 g/mol. The highest BCUT2D eigenvalue weighted by Gasteiger charge is 2.21. The molecule has 0 aliphatic heterocycles. The maximum absolute atomic E-state index is 11.2. The van der Waals surface area contributed by atoms with E-state index in [1.165, 1.54) is 6.92 Å². The van der Waals surface area contributed by atoms with Crippen LogP contribution in [0.2, 0.25) is 0 Å². The first-order chi connectivity index (χ1) is 6.13. The normalized spacial score (nSPS) is 11.5. The number of hydrogen-bond donors (Lipinski definition) is 0. The highest BCUT2D eigenvalue weighted by molar-refractivity contribution is 5.98. The van der Waals surface area contributed by atoms with E-state index in [0.717, 1.165) is 0 Å². The third-order valence-electron chi connectivity index (χ3n) is 1.64. The summed E-state index contributed by atoms with van der Waals surface area (Å²) in [4.78, 5) is 22.3. The molecule has 0 fully saturated rings. The number of esters is 1. The maximum Gasteiger partial charge on any atom is 0.316 e. The Kier molecular flexibility index (Phi) is 5.62. The molecule has 0 aliphatic carbocycles. The van der Waals surface area contributed by atoms with Gasteiger partial charge in [-0.1, -0.05) is 0 Å². The van der Waals surface area contributed by atoms with E-state index in [2.05, 4.69) is 5.92 Å². The lowest BCUT2D eigenvalue weighted by molar-refractivity contribution is -0.150. The first kappa shape index (κ1) is 11.7. The predicted molar refractivity (Wildman–Crippen MR) is 48.9 cm³/mol. The van der Waals surface area contributed by atoms with Gasteiger partial charge in [0.15, 0.2) is 0 Å². The van der Waals surface area contributed by atoms with Crippen LogP contribution in [0, 0.1) is 18.3 Å². The van der Waals surface area contributed by atoms with Gasteiger partial charge in [-0.15, -0.1) is 12.3 Å². The van der Waals surface area contributed by atoms with Crippen molar-refractivity contribution in [2.75, 3.05) is 6.61 Å². The van der Waals surface area contributed by atoms with Crippen LogP contribution in [0.4, 0.5) is 0 Å². The Morgan fingerprint density at radius 2 is 2.15 bits per heavy atom. The quantitative estimate of drug-likeness (QED) is 0.364. The minimum absolute atomic E-state index is 0.156. The Hall–Kier alpha value is -1.30. The first-order valence-electron chi connectivity index (χ1n) is 4.26. The molecule has 0 N–H and O–H groups in total. The number of ketones is 1. The summed E-state index contributed by atoms with van der Waals surface area (Å²) in [6.45, 7) is 3.54. The van der Waals surface area contributed by atoms with Crippen molar-refractivity contribution in [3.63, 3.8) is 0 Å². The molecule has 0 aromatic rings. The monoisotopic (exact) mass is 182 g/mol. The molecule has 3 heteroatoms. The molecule has 0 saturated heterocycles. The molecule has 0 spiro atoms. The molecule has 0 saturated carbocycles. The number of carbonyl (C=O) groups excluding carboxylic acids is 2. The zero-order valence-corrected chi connectivity index (χ0v) is 8.00. The average Bonchev–Trinajstić information content (AvgIpc) is 2.13. The van der Waals surface area contributed by atoms with Crippen LogP contribution < -0.4 is 0 Å². The number of carbonyl (C=O) groups is 2. The van der Waals surface area contributed by atoms with Gasteiger partial charge >= 0.3 is 5.97 Å². The summed E-state index contributed by atoms with van der Waals surface area (Å²) < 4.78 is 4.69. The number of hydrogen-bond acceptors (Lipinski definition) is 3. The Morgan fingerprint density at radius 3 is 2.62 bits per heavy atom. The minimum atomic E-state index is -0.687. The van der Waals surface area contributed by atoms with Crippen molar-refractivity contribution in [3.8, 4) is 12.3 Å². The van der Waals surface area contributed by atoms with Crippen LogP contribution in [0.15, 0.2) is 0 Å². The summed E-state index contributed by atoms with van der Waals surface area (Å²) >= 11 is 0. The van der Waals surface area contributed by atoms with Crippen molar-refractivity contribution in [1.82, 2.24) is 0 Å². The standard InChI is InChI=1S/C10H14O3/c1-4-6-7-9(11)8(3)10(12)13-5-2/h1,8H,5-7H2,2-3H3. The van der Waals surface area contributed by atoms with Crippen LogP contribution in [0.1, 0.15) is 26.7 Å². The van der Waals surface area contributed by atoms with Crippen LogP contribution >= 0.6 is 0 Å². The van der Waals surface area contributed by atoms with Gasteiger partial charge in [0.1, 0.15) is 11.7 Å². The van der Waals surface area contributed by atoms with E-state index in [9.17, 15) is 9.59 Å².